The SMILES string of the molecule is CSC(C)CCNc1c(C)cccc1C(N)=S. The van der Waals surface area contributed by atoms with Crippen LogP contribution in [0.3, 0.4) is 0 Å². The van der Waals surface area contributed by atoms with E-state index >= 15 is 0 Å². The molecular weight excluding hydrogens is 248 g/mol. The molecule has 0 aliphatic carbocycles. The second-order valence-corrected chi connectivity index (χ2v) is 5.84. The second kappa shape index (κ2) is 6.87. The number of hydrogen-bond donors (Lipinski definition) is 2. The molecule has 0 aromatic heterocycles. The molecule has 0 radical (unpaired) electrons. The number of nitrogens with one attached hydrogen (secondary N) is 1. The van der Waals surface area contributed by atoms with Crippen LogP contribution in [0.1, 0.15) is 24.5 Å². The average molecular weight is 268 g/mol. The number of aryl methyl sites for hydroxylation is 1. The number of hydrogen-bond acceptors (Lipinski definition) is 3. The molecule has 1 unspecified atom stereocenters. The summed E-state index contributed by atoms with van der Waals surface area (Å²) in [5.74, 6) is 0. The van der Waals surface area contributed by atoms with Gasteiger partial charge in [0, 0.05) is 23.0 Å². The van der Waals surface area contributed by atoms with Crippen LogP contribution in [0, 0.1) is 6.92 Å². The molecule has 1 aromatic carbocycles. The molecule has 1 atom stereocenters. The Kier molecular flexibility index (Phi) is 5.78. The molecule has 4 heteroatoms. The summed E-state index contributed by atoms with van der Waals surface area (Å²) in [5, 5.41) is 4.11. The van der Waals surface area contributed by atoms with E-state index in [1.807, 2.05) is 23.9 Å². The maximum absolute atomic E-state index is 5.73. The Morgan fingerprint density at radius 3 is 2.82 bits per heavy atom. The van der Waals surface area contributed by atoms with Crippen LogP contribution >= 0.6 is 24.0 Å². The van der Waals surface area contributed by atoms with Gasteiger partial charge < -0.3 is 11.1 Å². The quantitative estimate of drug-likeness (QED) is 0.777. The Balaban J connectivity index is 2.72. The number of thiocarbonyl (C=S) groups is 1. The molecule has 94 valence electrons. The minimum absolute atomic E-state index is 0.453. The van der Waals surface area contributed by atoms with Gasteiger partial charge in [0.2, 0.25) is 0 Å². The fourth-order valence-electron chi connectivity index (χ4n) is 1.63. The Morgan fingerprint density at radius 1 is 1.53 bits per heavy atom. The van der Waals surface area contributed by atoms with Crippen LogP contribution in [0.5, 0.6) is 0 Å². The van der Waals surface area contributed by atoms with Gasteiger partial charge in [0.05, 0.1) is 0 Å². The van der Waals surface area contributed by atoms with Crippen LogP contribution in [-0.4, -0.2) is 23.0 Å². The van der Waals surface area contributed by atoms with E-state index in [2.05, 4.69) is 31.5 Å². The summed E-state index contributed by atoms with van der Waals surface area (Å²) in [6.07, 6.45) is 3.27. The highest BCUT2D eigenvalue weighted by atomic mass is 32.2. The van der Waals surface area contributed by atoms with E-state index in [9.17, 15) is 0 Å². The number of benzene rings is 1. The molecule has 0 spiro atoms. The van der Waals surface area contributed by atoms with Crippen molar-refractivity contribution >= 4 is 34.7 Å². The summed E-state index contributed by atoms with van der Waals surface area (Å²) in [5.41, 5.74) is 8.93. The summed E-state index contributed by atoms with van der Waals surface area (Å²) in [4.78, 5) is 0.453. The molecule has 0 heterocycles. The predicted octanol–water partition coefficient (Wildman–Crippen LogP) is 3.18. The Hall–Kier alpha value is -0.740. The summed E-state index contributed by atoms with van der Waals surface area (Å²) in [6.45, 7) is 5.25. The largest absolute Gasteiger partial charge is 0.389 e. The normalized spacial score (nSPS) is 12.2. The van der Waals surface area contributed by atoms with E-state index in [4.69, 9.17) is 18.0 Å². The molecule has 0 amide bonds. The number of anilines is 1. The Morgan fingerprint density at radius 2 is 2.24 bits per heavy atom. The monoisotopic (exact) mass is 268 g/mol. The van der Waals surface area contributed by atoms with Gasteiger partial charge in [-0.1, -0.05) is 31.3 Å². The molecule has 1 rings (SSSR count). The first-order valence-electron chi connectivity index (χ1n) is 5.72. The van der Waals surface area contributed by atoms with Crippen molar-refractivity contribution in [2.75, 3.05) is 18.1 Å². The lowest BCUT2D eigenvalue weighted by Gasteiger charge is -2.15. The van der Waals surface area contributed by atoms with Gasteiger partial charge in [-0.15, -0.1) is 0 Å². The Labute approximate surface area is 113 Å². The van der Waals surface area contributed by atoms with Crippen molar-refractivity contribution in [3.8, 4) is 0 Å². The third-order valence-corrected chi connectivity index (χ3v) is 4.05. The minimum Gasteiger partial charge on any atom is -0.389 e. The molecule has 0 bridgehead atoms. The number of rotatable bonds is 6. The van der Waals surface area contributed by atoms with E-state index < -0.39 is 0 Å². The molecule has 0 fully saturated rings. The van der Waals surface area contributed by atoms with Crippen LogP contribution in [0.15, 0.2) is 18.2 Å². The zero-order chi connectivity index (χ0) is 12.8. The maximum atomic E-state index is 5.73. The zero-order valence-corrected chi connectivity index (χ0v) is 12.3. The Bertz CT molecular complexity index is 391. The van der Waals surface area contributed by atoms with Crippen LogP contribution in [0.4, 0.5) is 5.69 Å². The summed E-state index contributed by atoms with van der Waals surface area (Å²) in [7, 11) is 0. The van der Waals surface area contributed by atoms with Gasteiger partial charge in [-0.25, -0.2) is 0 Å². The lowest BCUT2D eigenvalue weighted by atomic mass is 10.1. The van der Waals surface area contributed by atoms with Crippen molar-refractivity contribution in [1.82, 2.24) is 0 Å². The predicted molar refractivity (Wildman–Crippen MR) is 83.2 cm³/mol. The summed E-state index contributed by atoms with van der Waals surface area (Å²) < 4.78 is 0. The van der Waals surface area contributed by atoms with Gasteiger partial charge in [0.1, 0.15) is 4.99 Å². The molecule has 0 saturated carbocycles. The number of thioether (sulfide) groups is 1. The molecule has 0 saturated heterocycles. The van der Waals surface area contributed by atoms with Crippen LogP contribution in [-0.2, 0) is 0 Å². The average Bonchev–Trinajstić information content (AvgIpc) is 2.30. The van der Waals surface area contributed by atoms with Crippen molar-refractivity contribution in [3.63, 3.8) is 0 Å². The van der Waals surface area contributed by atoms with Crippen LogP contribution in [0.2, 0.25) is 0 Å². The van der Waals surface area contributed by atoms with Crippen molar-refractivity contribution in [2.45, 2.75) is 25.5 Å². The first-order chi connectivity index (χ1) is 8.06. The molecule has 2 nitrogen and oxygen atoms in total. The number of nitrogens with two attached hydrogens (primary N) is 1. The van der Waals surface area contributed by atoms with E-state index in [1.54, 1.807) is 0 Å². The van der Waals surface area contributed by atoms with Crippen molar-refractivity contribution < 1.29 is 0 Å². The third kappa shape index (κ3) is 4.21. The maximum Gasteiger partial charge on any atom is 0.106 e. The van der Waals surface area contributed by atoms with Crippen molar-refractivity contribution in [2.24, 2.45) is 5.73 Å². The second-order valence-electron chi connectivity index (χ2n) is 4.12. The summed E-state index contributed by atoms with van der Waals surface area (Å²) >= 11 is 6.95. The van der Waals surface area contributed by atoms with Gasteiger partial charge >= 0.3 is 0 Å². The molecular formula is C13H20N2S2. The molecule has 17 heavy (non-hydrogen) atoms. The smallest absolute Gasteiger partial charge is 0.106 e. The highest BCUT2D eigenvalue weighted by Gasteiger charge is 2.07. The van der Waals surface area contributed by atoms with Crippen molar-refractivity contribution in [1.29, 1.82) is 0 Å². The van der Waals surface area contributed by atoms with E-state index in [0.717, 1.165) is 24.2 Å². The molecule has 0 aliphatic heterocycles. The van der Waals surface area contributed by atoms with Gasteiger partial charge in [0.15, 0.2) is 0 Å². The van der Waals surface area contributed by atoms with Crippen LogP contribution < -0.4 is 11.1 Å². The highest BCUT2D eigenvalue weighted by Crippen LogP contribution is 2.21. The topological polar surface area (TPSA) is 38.0 Å². The van der Waals surface area contributed by atoms with Gasteiger partial charge in [0.25, 0.3) is 0 Å². The van der Waals surface area contributed by atoms with E-state index in [1.165, 1.54) is 5.56 Å². The zero-order valence-electron chi connectivity index (χ0n) is 10.6. The van der Waals surface area contributed by atoms with Gasteiger partial charge in [-0.3, -0.25) is 0 Å². The lowest BCUT2D eigenvalue weighted by molar-refractivity contribution is 0.853. The van der Waals surface area contributed by atoms with Gasteiger partial charge in [-0.05, 0) is 31.2 Å². The molecule has 3 N–H and O–H groups in total. The fraction of sp³-hybridized carbons (Fsp3) is 0.462. The number of para-hydroxylation sites is 1. The first kappa shape index (κ1) is 14.3. The minimum atomic E-state index is 0.453. The fourth-order valence-corrected chi connectivity index (χ4v) is 2.15. The highest BCUT2D eigenvalue weighted by molar-refractivity contribution is 7.99. The first-order valence-corrected chi connectivity index (χ1v) is 7.42. The van der Waals surface area contributed by atoms with E-state index in [-0.39, 0.29) is 0 Å². The van der Waals surface area contributed by atoms with E-state index in [0.29, 0.717) is 10.2 Å². The molecule has 0 aliphatic rings. The molecule has 1 aromatic rings. The summed E-state index contributed by atoms with van der Waals surface area (Å²) in [6, 6.07) is 6.03. The van der Waals surface area contributed by atoms with Gasteiger partial charge in [-0.2, -0.15) is 11.8 Å². The standard InChI is InChI=1S/C13H20N2S2/c1-9-5-4-6-11(13(14)16)12(9)15-8-7-10(2)17-3/h4-6,10,15H,7-8H2,1-3H3,(H2,14,16). The third-order valence-electron chi connectivity index (χ3n) is 2.79. The van der Waals surface area contributed by atoms with Crippen LogP contribution in [0.25, 0.3) is 0 Å². The lowest BCUT2D eigenvalue weighted by Crippen LogP contribution is -2.16. The van der Waals surface area contributed by atoms with Crippen molar-refractivity contribution in [3.05, 3.63) is 29.3 Å².